The highest BCUT2D eigenvalue weighted by Gasteiger charge is 2.34. The van der Waals surface area contributed by atoms with E-state index in [1.165, 1.54) is 4.90 Å². The Morgan fingerprint density at radius 1 is 1.41 bits per heavy atom. The normalized spacial score (nSPS) is 18.5. The second-order valence-corrected chi connectivity index (χ2v) is 6.94. The van der Waals surface area contributed by atoms with Crippen LogP contribution in [0.3, 0.4) is 0 Å². The third-order valence-corrected chi connectivity index (χ3v) is 4.39. The number of hydrogen-bond acceptors (Lipinski definition) is 4. The van der Waals surface area contributed by atoms with Gasteiger partial charge in [-0.05, 0) is 19.1 Å². The molecule has 0 aliphatic carbocycles. The van der Waals surface area contributed by atoms with Crippen LogP contribution in [0.25, 0.3) is 0 Å². The number of carbonyl (C=O) groups is 2. The van der Waals surface area contributed by atoms with Crippen molar-refractivity contribution in [2.45, 2.75) is 13.3 Å². The van der Waals surface area contributed by atoms with Crippen molar-refractivity contribution in [1.82, 2.24) is 5.32 Å². The fraction of sp³-hybridized carbons (Fsp3) is 0.429. The minimum atomic E-state index is -3.63. The van der Waals surface area contributed by atoms with Gasteiger partial charge in [0.15, 0.2) is 0 Å². The van der Waals surface area contributed by atoms with Crippen LogP contribution in [0.1, 0.15) is 23.7 Å². The Bertz CT molecular complexity index is 687. The van der Waals surface area contributed by atoms with Gasteiger partial charge in [-0.25, -0.2) is 13.6 Å². The first-order valence-corrected chi connectivity index (χ1v) is 8.71. The van der Waals surface area contributed by atoms with Gasteiger partial charge in [-0.15, -0.1) is 0 Å². The SMILES string of the molecule is CCNC(=O)c1ccccc1N1CC(CS(N)(=O)=O)CC1=O. The number of nitrogens with two attached hydrogens (primary N) is 1. The van der Waals surface area contributed by atoms with Crippen molar-refractivity contribution in [3.63, 3.8) is 0 Å². The molecule has 0 aromatic heterocycles. The van der Waals surface area contributed by atoms with Crippen molar-refractivity contribution in [2.24, 2.45) is 11.1 Å². The topological polar surface area (TPSA) is 110 Å². The molecule has 1 aromatic rings. The highest BCUT2D eigenvalue weighted by atomic mass is 32.2. The Balaban J connectivity index is 2.25. The van der Waals surface area contributed by atoms with E-state index in [9.17, 15) is 18.0 Å². The largest absolute Gasteiger partial charge is 0.352 e. The van der Waals surface area contributed by atoms with Gasteiger partial charge in [-0.1, -0.05) is 12.1 Å². The quantitative estimate of drug-likeness (QED) is 0.798. The molecule has 1 saturated heterocycles. The Kier molecular flexibility index (Phi) is 4.82. The molecule has 0 bridgehead atoms. The van der Waals surface area contributed by atoms with Crippen molar-refractivity contribution in [1.29, 1.82) is 0 Å². The van der Waals surface area contributed by atoms with Crippen LogP contribution in [-0.2, 0) is 14.8 Å². The molecule has 1 fully saturated rings. The van der Waals surface area contributed by atoms with Crippen LogP contribution in [0, 0.1) is 5.92 Å². The van der Waals surface area contributed by atoms with E-state index in [2.05, 4.69) is 5.32 Å². The van der Waals surface area contributed by atoms with Gasteiger partial charge in [0.1, 0.15) is 0 Å². The van der Waals surface area contributed by atoms with E-state index in [4.69, 9.17) is 5.14 Å². The zero-order valence-corrected chi connectivity index (χ0v) is 13.1. The number of hydrogen-bond donors (Lipinski definition) is 2. The summed E-state index contributed by atoms with van der Waals surface area (Å²) in [5.74, 6) is -1.06. The van der Waals surface area contributed by atoms with Crippen LogP contribution in [0.15, 0.2) is 24.3 Å². The fourth-order valence-electron chi connectivity index (χ4n) is 2.61. The Morgan fingerprint density at radius 3 is 2.73 bits per heavy atom. The number of nitrogens with zero attached hydrogens (tertiary/aromatic N) is 1. The molecule has 2 amide bonds. The second kappa shape index (κ2) is 6.45. The predicted octanol–water partition coefficient (Wildman–Crippen LogP) is 0.0777. The molecule has 0 radical (unpaired) electrons. The molecule has 1 heterocycles. The monoisotopic (exact) mass is 325 g/mol. The Morgan fingerprint density at radius 2 is 2.09 bits per heavy atom. The first-order valence-electron chi connectivity index (χ1n) is 7.00. The van der Waals surface area contributed by atoms with Gasteiger partial charge in [0.2, 0.25) is 15.9 Å². The average molecular weight is 325 g/mol. The maximum absolute atomic E-state index is 12.2. The van der Waals surface area contributed by atoms with E-state index in [1.54, 1.807) is 24.3 Å². The number of amides is 2. The van der Waals surface area contributed by atoms with Crippen molar-refractivity contribution >= 4 is 27.5 Å². The molecule has 2 rings (SSSR count). The second-order valence-electron chi connectivity index (χ2n) is 5.28. The molecule has 22 heavy (non-hydrogen) atoms. The zero-order chi connectivity index (χ0) is 16.3. The summed E-state index contributed by atoms with van der Waals surface area (Å²) in [6, 6.07) is 6.77. The summed E-state index contributed by atoms with van der Waals surface area (Å²) < 4.78 is 22.4. The van der Waals surface area contributed by atoms with Crippen molar-refractivity contribution in [3.05, 3.63) is 29.8 Å². The molecule has 0 saturated carbocycles. The standard InChI is InChI=1S/C14H19N3O4S/c1-2-16-14(19)11-5-3-4-6-12(11)17-8-10(7-13(17)18)9-22(15,20)21/h3-6,10H,2,7-9H2,1H3,(H,16,19)(H2,15,20,21). The number of anilines is 1. The molecule has 8 heteroatoms. The van der Waals surface area contributed by atoms with Crippen LogP contribution < -0.4 is 15.4 Å². The lowest BCUT2D eigenvalue weighted by atomic mass is 10.1. The number of nitrogens with one attached hydrogen (secondary N) is 1. The number of benzene rings is 1. The maximum atomic E-state index is 12.2. The third kappa shape index (κ3) is 3.83. The first kappa shape index (κ1) is 16.4. The van der Waals surface area contributed by atoms with Crippen LogP contribution in [0.4, 0.5) is 5.69 Å². The van der Waals surface area contributed by atoms with Gasteiger partial charge in [0.05, 0.1) is 17.0 Å². The van der Waals surface area contributed by atoms with E-state index in [0.29, 0.717) is 17.8 Å². The molecular weight excluding hydrogens is 306 g/mol. The van der Waals surface area contributed by atoms with Crippen LogP contribution >= 0.6 is 0 Å². The van der Waals surface area contributed by atoms with Gasteiger partial charge >= 0.3 is 0 Å². The number of sulfonamides is 1. The minimum Gasteiger partial charge on any atom is -0.352 e. The lowest BCUT2D eigenvalue weighted by Gasteiger charge is -2.20. The Labute approximate surface area is 129 Å². The van der Waals surface area contributed by atoms with E-state index < -0.39 is 10.0 Å². The maximum Gasteiger partial charge on any atom is 0.253 e. The number of carbonyl (C=O) groups excluding carboxylic acids is 2. The van der Waals surface area contributed by atoms with Crippen molar-refractivity contribution in [2.75, 3.05) is 23.7 Å². The third-order valence-electron chi connectivity index (χ3n) is 3.45. The highest BCUT2D eigenvalue weighted by Crippen LogP contribution is 2.28. The van der Waals surface area contributed by atoms with Gasteiger partial charge in [0, 0.05) is 25.4 Å². The van der Waals surface area contributed by atoms with Crippen LogP contribution in [0.5, 0.6) is 0 Å². The summed E-state index contributed by atoms with van der Waals surface area (Å²) in [5.41, 5.74) is 0.893. The van der Waals surface area contributed by atoms with Gasteiger partial charge in [0.25, 0.3) is 5.91 Å². The fourth-order valence-corrected chi connectivity index (χ4v) is 3.49. The lowest BCUT2D eigenvalue weighted by Crippen LogP contribution is -2.30. The summed E-state index contributed by atoms with van der Waals surface area (Å²) in [6.45, 7) is 2.53. The molecule has 0 spiro atoms. The summed E-state index contributed by atoms with van der Waals surface area (Å²) in [5, 5.41) is 7.74. The number of para-hydroxylation sites is 1. The summed E-state index contributed by atoms with van der Waals surface area (Å²) in [7, 11) is -3.63. The molecule has 1 aliphatic heterocycles. The van der Waals surface area contributed by atoms with Gasteiger partial charge in [-0.3, -0.25) is 9.59 Å². The molecule has 7 nitrogen and oxygen atoms in total. The molecule has 1 atom stereocenters. The van der Waals surface area contributed by atoms with E-state index in [-0.39, 0.29) is 36.5 Å². The van der Waals surface area contributed by atoms with Gasteiger partial charge in [-0.2, -0.15) is 0 Å². The van der Waals surface area contributed by atoms with Crippen molar-refractivity contribution in [3.8, 4) is 0 Å². The molecule has 1 aliphatic rings. The molecule has 3 N–H and O–H groups in total. The van der Waals surface area contributed by atoms with E-state index in [1.807, 2.05) is 6.92 Å². The van der Waals surface area contributed by atoms with Gasteiger partial charge < -0.3 is 10.2 Å². The molecule has 1 aromatic carbocycles. The highest BCUT2D eigenvalue weighted by molar-refractivity contribution is 7.89. The Hall–Kier alpha value is -1.93. The lowest BCUT2D eigenvalue weighted by molar-refractivity contribution is -0.117. The number of primary sulfonamides is 1. The van der Waals surface area contributed by atoms with E-state index in [0.717, 1.165) is 0 Å². The molecule has 120 valence electrons. The van der Waals surface area contributed by atoms with Crippen molar-refractivity contribution < 1.29 is 18.0 Å². The number of rotatable bonds is 5. The first-order chi connectivity index (χ1) is 10.3. The van der Waals surface area contributed by atoms with Crippen LogP contribution in [-0.4, -0.2) is 39.1 Å². The zero-order valence-electron chi connectivity index (χ0n) is 12.3. The predicted molar refractivity (Wildman–Crippen MR) is 82.9 cm³/mol. The molecular formula is C14H19N3O4S. The van der Waals surface area contributed by atoms with E-state index >= 15 is 0 Å². The summed E-state index contributed by atoms with van der Waals surface area (Å²) >= 11 is 0. The molecule has 1 unspecified atom stereocenters. The average Bonchev–Trinajstić information content (AvgIpc) is 2.77. The summed E-state index contributed by atoms with van der Waals surface area (Å²) in [6.07, 6.45) is 0.111. The minimum absolute atomic E-state index is 0.111. The van der Waals surface area contributed by atoms with Crippen LogP contribution in [0.2, 0.25) is 0 Å². The smallest absolute Gasteiger partial charge is 0.253 e. The summed E-state index contributed by atoms with van der Waals surface area (Å²) in [4.78, 5) is 25.7.